The Morgan fingerprint density at radius 3 is 1.06 bits per heavy atom. The number of hydrogen-bond acceptors (Lipinski definition) is 7. The van der Waals surface area contributed by atoms with E-state index in [1.807, 2.05) is 0 Å². The van der Waals surface area contributed by atoms with Gasteiger partial charge in [0.15, 0.2) is 6.10 Å². The van der Waals surface area contributed by atoms with E-state index in [4.69, 9.17) is 19.3 Å². The largest absolute Gasteiger partial charge is 0.481 e. The third kappa shape index (κ3) is 32.4. The maximum absolute atomic E-state index is 12.4. The molecule has 0 aliphatic rings. The van der Waals surface area contributed by atoms with Crippen LogP contribution in [0.5, 0.6) is 0 Å². The van der Waals surface area contributed by atoms with Gasteiger partial charge in [0.25, 0.3) is 0 Å². The molecule has 48 heavy (non-hydrogen) atoms. The molecule has 0 heterocycles. The molecule has 1 unspecified atom stereocenters. The Morgan fingerprint density at radius 2 is 0.771 bits per heavy atom. The van der Waals surface area contributed by atoms with Gasteiger partial charge in [0.2, 0.25) is 0 Å². The van der Waals surface area contributed by atoms with Gasteiger partial charge in [0.05, 0.1) is 12.3 Å². The fraction of sp³-hybridized carbons (Fsp3) is 0.900. The Balaban J connectivity index is 4.19. The van der Waals surface area contributed by atoms with E-state index in [9.17, 15) is 19.2 Å². The molecule has 8 nitrogen and oxygen atoms in total. The minimum Gasteiger partial charge on any atom is -0.481 e. The minimum atomic E-state index is -1.11. The third-order valence-corrected chi connectivity index (χ3v) is 9.00. The number of carboxylic acid groups (broad SMARTS) is 1. The second-order valence-corrected chi connectivity index (χ2v) is 13.9. The van der Waals surface area contributed by atoms with Crippen molar-refractivity contribution in [3.63, 3.8) is 0 Å². The van der Waals surface area contributed by atoms with Gasteiger partial charge in [-0.2, -0.15) is 0 Å². The predicted octanol–water partition coefficient (Wildman–Crippen LogP) is 11.1. The van der Waals surface area contributed by atoms with Gasteiger partial charge in [-0.05, 0) is 12.8 Å². The number of hydrogen-bond donors (Lipinski definition) is 1. The number of ether oxygens (including phenoxy) is 3. The summed E-state index contributed by atoms with van der Waals surface area (Å²) in [5.74, 6) is -3.45. The van der Waals surface area contributed by atoms with Gasteiger partial charge in [0.1, 0.15) is 13.2 Å². The molecule has 0 aliphatic heterocycles. The van der Waals surface area contributed by atoms with E-state index < -0.39 is 24.0 Å². The summed E-state index contributed by atoms with van der Waals surface area (Å²) in [6.07, 6.45) is 31.0. The molecule has 0 fully saturated rings. The molecule has 0 aliphatic carbocycles. The van der Waals surface area contributed by atoms with Gasteiger partial charge in [-0.15, -0.1) is 0 Å². The molecule has 0 aromatic rings. The van der Waals surface area contributed by atoms with E-state index in [0.29, 0.717) is 0 Å². The number of rotatable bonds is 36. The standard InChI is InChI=1S/C40H74O8/c1-4-6-8-10-12-14-16-18-20-22-24-26-28-30-38(43)46-33-36(48-40(45)35(3)32-37(41)42)34-47-39(44)31-29-27-25-23-21-19-17-15-13-11-9-7-5-2/h35-36H,4-34H2,1-3H3,(H,41,42). The summed E-state index contributed by atoms with van der Waals surface area (Å²) in [5.41, 5.74) is 0. The Bertz CT molecular complexity index is 737. The number of unbranched alkanes of at least 4 members (excludes halogenated alkanes) is 24. The molecule has 0 aromatic heterocycles. The maximum Gasteiger partial charge on any atom is 0.309 e. The lowest BCUT2D eigenvalue weighted by Crippen LogP contribution is -2.33. The van der Waals surface area contributed by atoms with Gasteiger partial charge >= 0.3 is 23.9 Å². The quantitative estimate of drug-likeness (QED) is 0.0394. The van der Waals surface area contributed by atoms with Crippen LogP contribution in [0.15, 0.2) is 0 Å². The first-order chi connectivity index (χ1) is 23.3. The first kappa shape index (κ1) is 45.9. The summed E-state index contributed by atoms with van der Waals surface area (Å²) in [6.45, 7) is 5.50. The van der Waals surface area contributed by atoms with Gasteiger partial charge in [-0.1, -0.05) is 175 Å². The fourth-order valence-electron chi connectivity index (χ4n) is 5.83. The van der Waals surface area contributed by atoms with E-state index in [2.05, 4.69) is 13.8 Å². The molecule has 0 saturated carbocycles. The third-order valence-electron chi connectivity index (χ3n) is 9.00. The van der Waals surface area contributed by atoms with Crippen molar-refractivity contribution in [2.24, 2.45) is 5.92 Å². The Labute approximate surface area is 294 Å². The van der Waals surface area contributed by atoms with Gasteiger partial charge in [0, 0.05) is 12.8 Å². The lowest BCUT2D eigenvalue weighted by atomic mass is 10.0. The van der Waals surface area contributed by atoms with E-state index in [-0.39, 0.29) is 44.4 Å². The highest BCUT2D eigenvalue weighted by molar-refractivity contribution is 5.78. The highest BCUT2D eigenvalue weighted by atomic mass is 16.6. The van der Waals surface area contributed by atoms with Crippen molar-refractivity contribution in [3.8, 4) is 0 Å². The van der Waals surface area contributed by atoms with Crippen LogP contribution in [0.25, 0.3) is 0 Å². The lowest BCUT2D eigenvalue weighted by molar-refractivity contribution is -0.170. The first-order valence-electron chi connectivity index (χ1n) is 20.0. The van der Waals surface area contributed by atoms with E-state index >= 15 is 0 Å². The fourth-order valence-corrected chi connectivity index (χ4v) is 5.83. The van der Waals surface area contributed by atoms with E-state index in [1.165, 1.54) is 135 Å². The van der Waals surface area contributed by atoms with Gasteiger partial charge in [-0.25, -0.2) is 0 Å². The molecule has 1 N–H and O–H groups in total. The zero-order valence-electron chi connectivity index (χ0n) is 31.4. The number of carbonyl (C=O) groups excluding carboxylic acids is 3. The highest BCUT2D eigenvalue weighted by Gasteiger charge is 2.24. The molecule has 0 amide bonds. The molecule has 8 heteroatoms. The molecule has 0 aromatic carbocycles. The normalized spacial score (nSPS) is 11.8. The van der Waals surface area contributed by atoms with Crippen LogP contribution in [0, 0.1) is 5.92 Å². The van der Waals surface area contributed by atoms with Crippen LogP contribution in [0.4, 0.5) is 0 Å². The average molecular weight is 683 g/mol. The molecule has 0 bridgehead atoms. The summed E-state index contributed by atoms with van der Waals surface area (Å²) in [7, 11) is 0. The second kappa shape index (κ2) is 34.7. The second-order valence-electron chi connectivity index (χ2n) is 13.9. The number of carboxylic acids is 1. The van der Waals surface area contributed by atoms with E-state index in [0.717, 1.165) is 38.5 Å². The summed E-state index contributed by atoms with van der Waals surface area (Å²) < 4.78 is 16.1. The average Bonchev–Trinajstić information content (AvgIpc) is 3.06. The van der Waals surface area contributed by atoms with Crippen LogP contribution >= 0.6 is 0 Å². The smallest absolute Gasteiger partial charge is 0.309 e. The lowest BCUT2D eigenvalue weighted by Gasteiger charge is -2.20. The first-order valence-corrected chi connectivity index (χ1v) is 20.0. The van der Waals surface area contributed by atoms with Gasteiger partial charge in [-0.3, -0.25) is 19.2 Å². The maximum atomic E-state index is 12.4. The molecular formula is C40H74O8. The summed E-state index contributed by atoms with van der Waals surface area (Å²) >= 11 is 0. The highest BCUT2D eigenvalue weighted by Crippen LogP contribution is 2.15. The number of carbonyl (C=O) groups is 4. The Hall–Kier alpha value is -2.12. The van der Waals surface area contributed by atoms with Crippen molar-refractivity contribution in [1.82, 2.24) is 0 Å². The van der Waals surface area contributed by atoms with E-state index in [1.54, 1.807) is 0 Å². The number of aliphatic carboxylic acids is 1. The van der Waals surface area contributed by atoms with Crippen molar-refractivity contribution in [1.29, 1.82) is 0 Å². The zero-order chi connectivity index (χ0) is 35.5. The van der Waals surface area contributed by atoms with Crippen LogP contribution in [0.1, 0.15) is 207 Å². The predicted molar refractivity (Wildman–Crippen MR) is 194 cm³/mol. The van der Waals surface area contributed by atoms with Gasteiger partial charge < -0.3 is 19.3 Å². The molecule has 0 radical (unpaired) electrons. The van der Waals surface area contributed by atoms with Crippen molar-refractivity contribution in [2.45, 2.75) is 213 Å². The Morgan fingerprint density at radius 1 is 0.479 bits per heavy atom. The summed E-state index contributed by atoms with van der Waals surface area (Å²) in [5, 5.41) is 9.01. The van der Waals surface area contributed by atoms with Crippen molar-refractivity contribution < 1.29 is 38.5 Å². The van der Waals surface area contributed by atoms with Crippen molar-refractivity contribution in [2.75, 3.05) is 13.2 Å². The topological polar surface area (TPSA) is 116 Å². The molecule has 0 spiro atoms. The van der Waals surface area contributed by atoms with Crippen molar-refractivity contribution >= 4 is 23.9 Å². The number of esters is 3. The molecular weight excluding hydrogens is 608 g/mol. The minimum absolute atomic E-state index is 0.227. The molecule has 1 atom stereocenters. The molecule has 0 saturated heterocycles. The molecule has 0 rings (SSSR count). The van der Waals surface area contributed by atoms with Crippen LogP contribution < -0.4 is 0 Å². The Kier molecular flexibility index (Phi) is 33.2. The summed E-state index contributed by atoms with van der Waals surface area (Å²) in [4.78, 5) is 48.2. The SMILES string of the molecule is CCCCCCCCCCCCCCCC(=O)OCC(COC(=O)CCCCCCCCCCCCCCC)OC(=O)C(C)CC(=O)O. The zero-order valence-corrected chi connectivity index (χ0v) is 31.4. The van der Waals surface area contributed by atoms with Crippen LogP contribution in [-0.2, 0) is 33.4 Å². The van der Waals surface area contributed by atoms with Crippen LogP contribution in [-0.4, -0.2) is 48.3 Å². The summed E-state index contributed by atoms with van der Waals surface area (Å²) in [6, 6.07) is 0. The molecule has 282 valence electrons. The van der Waals surface area contributed by atoms with Crippen LogP contribution in [0.3, 0.4) is 0 Å². The van der Waals surface area contributed by atoms with Crippen molar-refractivity contribution in [3.05, 3.63) is 0 Å². The monoisotopic (exact) mass is 683 g/mol. The van der Waals surface area contributed by atoms with Crippen LogP contribution in [0.2, 0.25) is 0 Å².